The third kappa shape index (κ3) is 5.28. The molecular formula is C13H17ClN2O3. The summed E-state index contributed by atoms with van der Waals surface area (Å²) in [4.78, 5) is 22.5. The number of amides is 1. The van der Waals surface area contributed by atoms with E-state index in [1.54, 1.807) is 0 Å². The van der Waals surface area contributed by atoms with Crippen molar-refractivity contribution >= 4 is 29.2 Å². The molecule has 0 saturated carbocycles. The lowest BCUT2D eigenvalue weighted by Crippen LogP contribution is -2.27. The number of anilines is 1. The molecule has 0 aliphatic rings. The quantitative estimate of drug-likeness (QED) is 0.749. The molecule has 0 aromatic heterocycles. The summed E-state index contributed by atoms with van der Waals surface area (Å²) in [7, 11) is 0. The minimum atomic E-state index is -1.06. The standard InChI is InChI=1S/C13H17ClN2O3/c1-8(2)15-6-5-12(17)16-11-7-9(13(18)19)3-4-10(11)14/h3-4,7-8,15H,5-6H2,1-2H3,(H,16,17)(H,18,19). The molecule has 0 heterocycles. The first-order valence-corrected chi connectivity index (χ1v) is 6.34. The Bertz CT molecular complexity index is 475. The Morgan fingerprint density at radius 2 is 2.05 bits per heavy atom. The maximum Gasteiger partial charge on any atom is 0.335 e. The fourth-order valence-electron chi connectivity index (χ4n) is 1.44. The SMILES string of the molecule is CC(C)NCCC(=O)Nc1cc(C(=O)O)ccc1Cl. The van der Waals surface area contributed by atoms with Crippen LogP contribution in [0.2, 0.25) is 5.02 Å². The van der Waals surface area contributed by atoms with Gasteiger partial charge in [0, 0.05) is 19.0 Å². The van der Waals surface area contributed by atoms with E-state index < -0.39 is 5.97 Å². The third-order valence-corrected chi connectivity index (χ3v) is 2.72. The molecule has 0 fully saturated rings. The lowest BCUT2D eigenvalue weighted by Gasteiger charge is -2.10. The highest BCUT2D eigenvalue weighted by Crippen LogP contribution is 2.23. The monoisotopic (exact) mass is 284 g/mol. The van der Waals surface area contributed by atoms with Crippen LogP contribution >= 0.6 is 11.6 Å². The number of halogens is 1. The summed E-state index contributed by atoms with van der Waals surface area (Å²) in [5.74, 6) is -1.27. The van der Waals surface area contributed by atoms with Gasteiger partial charge in [-0.25, -0.2) is 4.79 Å². The van der Waals surface area contributed by atoms with Crippen LogP contribution in [0, 0.1) is 0 Å². The number of hydrogen-bond acceptors (Lipinski definition) is 3. The molecule has 0 spiro atoms. The number of aromatic carboxylic acids is 1. The summed E-state index contributed by atoms with van der Waals surface area (Å²) >= 11 is 5.91. The number of rotatable bonds is 6. The van der Waals surface area contributed by atoms with Crippen LogP contribution < -0.4 is 10.6 Å². The molecule has 1 amide bonds. The Labute approximate surface area is 117 Å². The lowest BCUT2D eigenvalue weighted by molar-refractivity contribution is -0.116. The van der Waals surface area contributed by atoms with Crippen molar-refractivity contribution in [1.82, 2.24) is 5.32 Å². The molecule has 19 heavy (non-hydrogen) atoms. The molecule has 0 aliphatic heterocycles. The van der Waals surface area contributed by atoms with Gasteiger partial charge in [-0.2, -0.15) is 0 Å². The van der Waals surface area contributed by atoms with E-state index in [9.17, 15) is 9.59 Å². The topological polar surface area (TPSA) is 78.4 Å². The summed E-state index contributed by atoms with van der Waals surface area (Å²) in [5.41, 5.74) is 0.399. The largest absolute Gasteiger partial charge is 0.478 e. The van der Waals surface area contributed by atoms with Gasteiger partial charge in [0.15, 0.2) is 0 Å². The number of carbonyl (C=O) groups excluding carboxylic acids is 1. The van der Waals surface area contributed by atoms with Crippen molar-refractivity contribution in [3.63, 3.8) is 0 Å². The molecule has 0 radical (unpaired) electrons. The second kappa shape index (κ2) is 7.11. The molecule has 0 aliphatic carbocycles. The predicted octanol–water partition coefficient (Wildman–Crippen LogP) is 2.36. The highest BCUT2D eigenvalue weighted by molar-refractivity contribution is 6.33. The first kappa shape index (κ1) is 15.5. The van der Waals surface area contributed by atoms with Crippen LogP contribution in [0.3, 0.4) is 0 Å². The summed E-state index contributed by atoms with van der Waals surface area (Å²) in [6.07, 6.45) is 0.297. The van der Waals surface area contributed by atoms with Crippen molar-refractivity contribution < 1.29 is 14.7 Å². The minimum absolute atomic E-state index is 0.0833. The summed E-state index contributed by atoms with van der Waals surface area (Å²) in [6, 6.07) is 4.50. The average Bonchev–Trinajstić information content (AvgIpc) is 2.31. The molecule has 6 heteroatoms. The van der Waals surface area contributed by atoms with E-state index >= 15 is 0 Å². The van der Waals surface area contributed by atoms with Gasteiger partial charge >= 0.3 is 5.97 Å². The zero-order valence-corrected chi connectivity index (χ0v) is 11.6. The van der Waals surface area contributed by atoms with Crippen LogP contribution in [-0.4, -0.2) is 29.6 Å². The van der Waals surface area contributed by atoms with Crippen molar-refractivity contribution in [3.05, 3.63) is 28.8 Å². The summed E-state index contributed by atoms with van der Waals surface area (Å²) in [6.45, 7) is 4.54. The molecule has 3 N–H and O–H groups in total. The van der Waals surface area contributed by atoms with Gasteiger partial charge in [-0.05, 0) is 18.2 Å². The first-order valence-electron chi connectivity index (χ1n) is 5.96. The fourth-order valence-corrected chi connectivity index (χ4v) is 1.61. The third-order valence-electron chi connectivity index (χ3n) is 2.39. The van der Waals surface area contributed by atoms with Gasteiger partial charge in [0.05, 0.1) is 16.3 Å². The molecule has 1 aromatic carbocycles. The van der Waals surface area contributed by atoms with E-state index in [4.69, 9.17) is 16.7 Å². The fraction of sp³-hybridized carbons (Fsp3) is 0.385. The smallest absolute Gasteiger partial charge is 0.335 e. The van der Waals surface area contributed by atoms with Crippen LogP contribution in [0.25, 0.3) is 0 Å². The van der Waals surface area contributed by atoms with Crippen LogP contribution in [0.15, 0.2) is 18.2 Å². The molecule has 0 atom stereocenters. The number of benzene rings is 1. The predicted molar refractivity (Wildman–Crippen MR) is 74.8 cm³/mol. The second-order valence-corrected chi connectivity index (χ2v) is 4.81. The zero-order chi connectivity index (χ0) is 14.4. The van der Waals surface area contributed by atoms with E-state index in [0.717, 1.165) is 0 Å². The Morgan fingerprint density at radius 3 is 2.63 bits per heavy atom. The Balaban J connectivity index is 2.63. The maximum atomic E-state index is 11.7. The van der Waals surface area contributed by atoms with Crippen LogP contribution in [0.5, 0.6) is 0 Å². The molecular weight excluding hydrogens is 268 g/mol. The molecule has 0 bridgehead atoms. The second-order valence-electron chi connectivity index (χ2n) is 4.41. The van der Waals surface area contributed by atoms with Crippen molar-refractivity contribution in [2.75, 3.05) is 11.9 Å². The van der Waals surface area contributed by atoms with Crippen molar-refractivity contribution in [2.24, 2.45) is 0 Å². The van der Waals surface area contributed by atoms with Gasteiger partial charge in [-0.3, -0.25) is 4.79 Å². The highest BCUT2D eigenvalue weighted by atomic mass is 35.5. The van der Waals surface area contributed by atoms with Crippen LogP contribution in [-0.2, 0) is 4.79 Å². The van der Waals surface area contributed by atoms with Gasteiger partial charge in [0.1, 0.15) is 0 Å². The van der Waals surface area contributed by atoms with Crippen molar-refractivity contribution in [1.29, 1.82) is 0 Å². The van der Waals surface area contributed by atoms with E-state index in [0.29, 0.717) is 29.7 Å². The number of hydrogen-bond donors (Lipinski definition) is 3. The molecule has 0 unspecified atom stereocenters. The normalized spacial score (nSPS) is 10.5. The maximum absolute atomic E-state index is 11.7. The Hall–Kier alpha value is -1.59. The molecule has 1 aromatic rings. The number of nitrogens with one attached hydrogen (secondary N) is 2. The summed E-state index contributed by atoms with van der Waals surface area (Å²) < 4.78 is 0. The Kier molecular flexibility index (Phi) is 5.79. The summed E-state index contributed by atoms with van der Waals surface area (Å²) in [5, 5.41) is 14.9. The van der Waals surface area contributed by atoms with Crippen molar-refractivity contribution in [3.8, 4) is 0 Å². The molecule has 1 rings (SSSR count). The molecule has 104 valence electrons. The average molecular weight is 285 g/mol. The van der Waals surface area contributed by atoms with Crippen LogP contribution in [0.4, 0.5) is 5.69 Å². The van der Waals surface area contributed by atoms with Gasteiger partial charge in [-0.15, -0.1) is 0 Å². The van der Waals surface area contributed by atoms with Gasteiger partial charge in [0.2, 0.25) is 5.91 Å². The van der Waals surface area contributed by atoms with E-state index in [1.165, 1.54) is 18.2 Å². The number of carboxylic acids is 1. The van der Waals surface area contributed by atoms with Gasteiger partial charge < -0.3 is 15.7 Å². The van der Waals surface area contributed by atoms with Crippen molar-refractivity contribution in [2.45, 2.75) is 26.3 Å². The number of carbonyl (C=O) groups is 2. The van der Waals surface area contributed by atoms with Gasteiger partial charge in [0.25, 0.3) is 0 Å². The van der Waals surface area contributed by atoms with Gasteiger partial charge in [-0.1, -0.05) is 25.4 Å². The zero-order valence-electron chi connectivity index (χ0n) is 10.9. The number of carboxylic acid groups (broad SMARTS) is 1. The first-order chi connectivity index (χ1) is 8.90. The molecule has 0 saturated heterocycles. The van der Waals surface area contributed by atoms with E-state index in [1.807, 2.05) is 13.8 Å². The molecule has 5 nitrogen and oxygen atoms in total. The Morgan fingerprint density at radius 1 is 1.37 bits per heavy atom. The highest BCUT2D eigenvalue weighted by Gasteiger charge is 2.10. The van der Waals surface area contributed by atoms with E-state index in [-0.39, 0.29) is 11.5 Å². The van der Waals surface area contributed by atoms with E-state index in [2.05, 4.69) is 10.6 Å². The van der Waals surface area contributed by atoms with Crippen LogP contribution in [0.1, 0.15) is 30.6 Å². The lowest BCUT2D eigenvalue weighted by atomic mass is 10.2. The minimum Gasteiger partial charge on any atom is -0.478 e.